The highest BCUT2D eigenvalue weighted by atomic mass is 16.5. The van der Waals surface area contributed by atoms with Crippen molar-refractivity contribution in [3.8, 4) is 5.88 Å². The summed E-state index contributed by atoms with van der Waals surface area (Å²) in [7, 11) is 0. The molecule has 7 heteroatoms. The maximum Gasteiger partial charge on any atom is 0.325 e. The van der Waals surface area contributed by atoms with Gasteiger partial charge in [0, 0.05) is 0 Å². The van der Waals surface area contributed by atoms with Crippen LogP contribution >= 0.6 is 0 Å². The smallest absolute Gasteiger partial charge is 0.325 e. The lowest BCUT2D eigenvalue weighted by Crippen LogP contribution is -2.18. The molecule has 0 aliphatic rings. The average molecular weight is 254 g/mol. The van der Waals surface area contributed by atoms with Gasteiger partial charge in [-0.05, 0) is 13.3 Å². The van der Waals surface area contributed by atoms with Crippen LogP contribution in [0, 0.1) is 0 Å². The van der Waals surface area contributed by atoms with Crippen molar-refractivity contribution >= 4 is 17.5 Å². The fourth-order valence-corrected chi connectivity index (χ4v) is 1.20. The van der Waals surface area contributed by atoms with E-state index >= 15 is 0 Å². The van der Waals surface area contributed by atoms with Crippen LogP contribution in [0.4, 0.5) is 11.5 Å². The Kier molecular flexibility index (Phi) is 5.69. The maximum atomic E-state index is 11.2. The minimum atomic E-state index is -0.369. The van der Waals surface area contributed by atoms with Crippen molar-refractivity contribution in [3.63, 3.8) is 0 Å². The number of rotatable bonds is 7. The van der Waals surface area contributed by atoms with E-state index in [-0.39, 0.29) is 18.2 Å². The lowest BCUT2D eigenvalue weighted by atomic mass is 10.4. The van der Waals surface area contributed by atoms with E-state index in [1.54, 1.807) is 6.92 Å². The van der Waals surface area contributed by atoms with Gasteiger partial charge in [-0.2, -0.15) is 4.98 Å². The Labute approximate surface area is 106 Å². The van der Waals surface area contributed by atoms with Crippen LogP contribution in [-0.4, -0.2) is 35.7 Å². The van der Waals surface area contributed by atoms with Crippen LogP contribution in [-0.2, 0) is 9.53 Å². The summed E-state index contributed by atoms with van der Waals surface area (Å²) in [4.78, 5) is 19.1. The van der Waals surface area contributed by atoms with Gasteiger partial charge in [-0.1, -0.05) is 6.92 Å². The number of hydrogen-bond donors (Lipinski definition) is 2. The van der Waals surface area contributed by atoms with E-state index in [4.69, 9.17) is 15.2 Å². The fraction of sp³-hybridized carbons (Fsp3) is 0.545. The molecule has 3 N–H and O–H groups in total. The van der Waals surface area contributed by atoms with Gasteiger partial charge in [0.15, 0.2) is 5.82 Å². The van der Waals surface area contributed by atoms with Gasteiger partial charge in [0.2, 0.25) is 5.88 Å². The van der Waals surface area contributed by atoms with Crippen LogP contribution < -0.4 is 15.8 Å². The van der Waals surface area contributed by atoms with Gasteiger partial charge in [0.05, 0.1) is 13.2 Å². The summed E-state index contributed by atoms with van der Waals surface area (Å²) in [5.41, 5.74) is 6.11. The van der Waals surface area contributed by atoms with Gasteiger partial charge in [-0.25, -0.2) is 4.98 Å². The second-order valence-corrected chi connectivity index (χ2v) is 3.45. The molecule has 0 aliphatic carbocycles. The number of nitrogen functional groups attached to an aromatic ring is 1. The normalized spacial score (nSPS) is 9.89. The molecule has 1 heterocycles. The Hall–Kier alpha value is -2.05. The lowest BCUT2D eigenvalue weighted by Gasteiger charge is -2.10. The monoisotopic (exact) mass is 254 g/mol. The molecule has 1 rings (SSSR count). The molecule has 1 aromatic rings. The van der Waals surface area contributed by atoms with Crippen LogP contribution in [0.5, 0.6) is 5.88 Å². The van der Waals surface area contributed by atoms with E-state index in [1.165, 1.54) is 6.33 Å². The molecule has 100 valence electrons. The second-order valence-electron chi connectivity index (χ2n) is 3.45. The minimum Gasteiger partial charge on any atom is -0.476 e. The van der Waals surface area contributed by atoms with E-state index in [0.717, 1.165) is 6.42 Å². The highest BCUT2D eigenvalue weighted by molar-refractivity contribution is 5.77. The van der Waals surface area contributed by atoms with Crippen molar-refractivity contribution < 1.29 is 14.3 Å². The zero-order valence-corrected chi connectivity index (χ0v) is 10.6. The topological polar surface area (TPSA) is 99.4 Å². The van der Waals surface area contributed by atoms with Crippen LogP contribution in [0.2, 0.25) is 0 Å². The zero-order chi connectivity index (χ0) is 13.4. The van der Waals surface area contributed by atoms with Gasteiger partial charge >= 0.3 is 5.97 Å². The van der Waals surface area contributed by atoms with Crippen LogP contribution in [0.25, 0.3) is 0 Å². The summed E-state index contributed by atoms with van der Waals surface area (Å²) in [6.45, 7) is 4.59. The third-order valence-corrected chi connectivity index (χ3v) is 2.00. The number of hydrogen-bond acceptors (Lipinski definition) is 7. The van der Waals surface area contributed by atoms with Crippen LogP contribution in [0.1, 0.15) is 20.3 Å². The quantitative estimate of drug-likeness (QED) is 0.695. The standard InChI is InChI=1S/C11H18N4O3/c1-3-5-18-11-9(12)10(14-7-15-11)13-6-8(16)17-4-2/h7H,3-6,12H2,1-2H3,(H,13,14,15). The molecule has 0 aliphatic heterocycles. The molecule has 0 spiro atoms. The number of aromatic nitrogens is 2. The third kappa shape index (κ3) is 4.08. The molecule has 7 nitrogen and oxygen atoms in total. The van der Waals surface area contributed by atoms with Crippen molar-refractivity contribution in [2.45, 2.75) is 20.3 Å². The fourth-order valence-electron chi connectivity index (χ4n) is 1.20. The molecule has 0 atom stereocenters. The first-order valence-electron chi connectivity index (χ1n) is 5.81. The maximum absolute atomic E-state index is 11.2. The van der Waals surface area contributed by atoms with Crippen molar-refractivity contribution in [1.82, 2.24) is 9.97 Å². The summed E-state index contributed by atoms with van der Waals surface area (Å²) >= 11 is 0. The summed E-state index contributed by atoms with van der Waals surface area (Å²) in [5.74, 6) is 0.314. The number of ether oxygens (including phenoxy) is 2. The molecule has 18 heavy (non-hydrogen) atoms. The first-order chi connectivity index (χ1) is 8.69. The number of nitrogens with one attached hydrogen (secondary N) is 1. The van der Waals surface area contributed by atoms with E-state index in [2.05, 4.69) is 15.3 Å². The molecule has 0 amide bonds. The average Bonchev–Trinajstić information content (AvgIpc) is 2.36. The molecule has 0 fully saturated rings. The van der Waals surface area contributed by atoms with Gasteiger partial charge in [0.1, 0.15) is 18.6 Å². The van der Waals surface area contributed by atoms with E-state index < -0.39 is 0 Å². The Morgan fingerprint density at radius 2 is 2.22 bits per heavy atom. The Morgan fingerprint density at radius 3 is 2.89 bits per heavy atom. The summed E-state index contributed by atoms with van der Waals surface area (Å²) < 4.78 is 10.1. The number of anilines is 2. The number of nitrogens with zero attached hydrogens (tertiary/aromatic N) is 2. The number of carbonyl (C=O) groups is 1. The summed E-state index contributed by atoms with van der Waals surface area (Å²) in [6, 6.07) is 0. The Balaban J connectivity index is 2.62. The van der Waals surface area contributed by atoms with E-state index in [0.29, 0.717) is 24.9 Å². The molecule has 1 aromatic heterocycles. The van der Waals surface area contributed by atoms with Crippen LogP contribution in [0.3, 0.4) is 0 Å². The first kappa shape index (κ1) is 14.0. The molecular weight excluding hydrogens is 236 g/mol. The number of esters is 1. The third-order valence-electron chi connectivity index (χ3n) is 2.00. The van der Waals surface area contributed by atoms with Crippen LogP contribution in [0.15, 0.2) is 6.33 Å². The highest BCUT2D eigenvalue weighted by Crippen LogP contribution is 2.24. The molecule has 0 radical (unpaired) electrons. The number of carbonyl (C=O) groups excluding carboxylic acids is 1. The van der Waals surface area contributed by atoms with Crippen molar-refractivity contribution in [1.29, 1.82) is 0 Å². The Bertz CT molecular complexity index is 398. The lowest BCUT2D eigenvalue weighted by molar-refractivity contribution is -0.140. The SMILES string of the molecule is CCCOc1ncnc(NCC(=O)OCC)c1N. The van der Waals surface area contributed by atoms with Crippen molar-refractivity contribution in [3.05, 3.63) is 6.33 Å². The van der Waals surface area contributed by atoms with Gasteiger partial charge < -0.3 is 20.5 Å². The first-order valence-corrected chi connectivity index (χ1v) is 5.81. The molecule has 0 unspecified atom stereocenters. The van der Waals surface area contributed by atoms with Crippen molar-refractivity contribution in [2.75, 3.05) is 30.8 Å². The summed E-state index contributed by atoms with van der Waals surface area (Å²) in [6.07, 6.45) is 2.18. The largest absolute Gasteiger partial charge is 0.476 e. The second kappa shape index (κ2) is 7.31. The number of nitrogens with two attached hydrogens (primary N) is 1. The zero-order valence-electron chi connectivity index (χ0n) is 10.6. The van der Waals surface area contributed by atoms with E-state index in [9.17, 15) is 4.79 Å². The predicted molar refractivity (Wildman–Crippen MR) is 67.4 cm³/mol. The van der Waals surface area contributed by atoms with Crippen molar-refractivity contribution in [2.24, 2.45) is 0 Å². The van der Waals surface area contributed by atoms with E-state index in [1.807, 2.05) is 6.92 Å². The van der Waals surface area contributed by atoms with Gasteiger partial charge in [0.25, 0.3) is 0 Å². The molecular formula is C11H18N4O3. The molecule has 0 saturated heterocycles. The molecule has 0 aromatic carbocycles. The van der Waals surface area contributed by atoms with Gasteiger partial charge in [-0.15, -0.1) is 0 Å². The molecule has 0 saturated carbocycles. The van der Waals surface area contributed by atoms with Gasteiger partial charge in [-0.3, -0.25) is 4.79 Å². The predicted octanol–water partition coefficient (Wildman–Crippen LogP) is 0.823. The Morgan fingerprint density at radius 1 is 1.44 bits per heavy atom. The highest BCUT2D eigenvalue weighted by Gasteiger charge is 2.10. The summed E-state index contributed by atoms with van der Waals surface area (Å²) in [5, 5.41) is 2.78. The minimum absolute atomic E-state index is 0.00225. The molecule has 0 bridgehead atoms.